The van der Waals surface area contributed by atoms with Gasteiger partial charge in [0.25, 0.3) is 0 Å². The minimum atomic E-state index is -0.512. The summed E-state index contributed by atoms with van der Waals surface area (Å²) in [4.78, 5) is 6.51. The second-order valence-corrected chi connectivity index (χ2v) is 8.59. The minimum Gasteiger partial charge on any atom is -0.493 e. The van der Waals surface area contributed by atoms with Gasteiger partial charge in [-0.3, -0.25) is 4.98 Å². The topological polar surface area (TPSA) is 69.6 Å². The van der Waals surface area contributed by atoms with Gasteiger partial charge in [0.1, 0.15) is 5.75 Å². The Bertz CT molecular complexity index is 1610. The molecule has 3 aromatic carbocycles. The van der Waals surface area contributed by atoms with E-state index in [4.69, 9.17) is 14.2 Å². The van der Waals surface area contributed by atoms with E-state index in [0.29, 0.717) is 39.4 Å². The molecule has 5 aromatic rings. The first kappa shape index (κ1) is 22.7. The predicted molar refractivity (Wildman–Crippen MR) is 139 cm³/mol. The van der Waals surface area contributed by atoms with Gasteiger partial charge in [0.05, 0.1) is 25.4 Å². The summed E-state index contributed by atoms with van der Waals surface area (Å²) in [5, 5.41) is 9.45. The molecule has 0 fully saturated rings. The molecule has 0 saturated heterocycles. The van der Waals surface area contributed by atoms with Gasteiger partial charge in [0.2, 0.25) is 0 Å². The van der Waals surface area contributed by atoms with Crippen molar-refractivity contribution in [2.24, 2.45) is 0 Å². The third kappa shape index (κ3) is 4.16. The molecule has 0 radical (unpaired) electrons. The summed E-state index contributed by atoms with van der Waals surface area (Å²) in [7, 11) is 3.11. The van der Waals surface area contributed by atoms with Crippen LogP contribution in [-0.4, -0.2) is 35.9 Å². The highest BCUT2D eigenvalue weighted by Crippen LogP contribution is 2.38. The summed E-state index contributed by atoms with van der Waals surface area (Å²) in [5.74, 6) is 1.88. The Hall–Kier alpha value is -4.72. The molecule has 0 saturated carbocycles. The molecule has 7 nitrogen and oxygen atoms in total. The summed E-state index contributed by atoms with van der Waals surface area (Å²) >= 11 is 0. The van der Waals surface area contributed by atoms with Crippen LogP contribution in [0.5, 0.6) is 23.0 Å². The lowest BCUT2D eigenvalue weighted by molar-refractivity contribution is 0.355. The lowest BCUT2D eigenvalue weighted by atomic mass is 10.1. The van der Waals surface area contributed by atoms with Gasteiger partial charge in [0.15, 0.2) is 28.9 Å². The highest BCUT2D eigenvalue weighted by molar-refractivity contribution is 5.88. The Morgan fingerprint density at radius 1 is 0.811 bits per heavy atom. The lowest BCUT2D eigenvalue weighted by Gasteiger charge is -2.17. The number of anilines is 2. The maximum absolute atomic E-state index is 15.1. The molecule has 184 valence electrons. The van der Waals surface area contributed by atoms with Crippen LogP contribution < -0.4 is 19.1 Å². The number of para-hydroxylation sites is 1. The first-order valence-corrected chi connectivity index (χ1v) is 11.8. The van der Waals surface area contributed by atoms with Crippen molar-refractivity contribution in [3.63, 3.8) is 0 Å². The fourth-order valence-corrected chi connectivity index (χ4v) is 4.60. The Morgan fingerprint density at radius 2 is 1.65 bits per heavy atom. The Balaban J connectivity index is 1.26. The zero-order valence-corrected chi connectivity index (χ0v) is 20.3. The molecule has 8 heteroatoms. The van der Waals surface area contributed by atoms with Crippen molar-refractivity contribution in [3.8, 4) is 34.3 Å². The first-order valence-electron chi connectivity index (χ1n) is 11.8. The van der Waals surface area contributed by atoms with Crippen molar-refractivity contribution in [2.45, 2.75) is 6.42 Å². The zero-order valence-electron chi connectivity index (χ0n) is 20.3. The maximum atomic E-state index is 15.1. The van der Waals surface area contributed by atoms with E-state index in [1.165, 1.54) is 11.6 Å². The largest absolute Gasteiger partial charge is 0.493 e. The molecular weight excluding hydrogens is 471 g/mol. The van der Waals surface area contributed by atoms with Crippen molar-refractivity contribution in [1.82, 2.24) is 15.2 Å². The lowest BCUT2D eigenvalue weighted by Crippen LogP contribution is -2.15. The summed E-state index contributed by atoms with van der Waals surface area (Å²) in [6.07, 6.45) is 2.57. The highest BCUT2D eigenvalue weighted by atomic mass is 19.1. The summed E-state index contributed by atoms with van der Waals surface area (Å²) < 4.78 is 31.8. The van der Waals surface area contributed by atoms with E-state index in [0.717, 1.165) is 24.5 Å². The Kier molecular flexibility index (Phi) is 5.76. The van der Waals surface area contributed by atoms with Gasteiger partial charge in [-0.15, -0.1) is 10.2 Å². The molecule has 2 aromatic heterocycles. The van der Waals surface area contributed by atoms with E-state index in [2.05, 4.69) is 32.2 Å². The fourth-order valence-electron chi connectivity index (χ4n) is 4.60. The number of ether oxygens (including phenoxy) is 3. The smallest absolute Gasteiger partial charge is 0.166 e. The van der Waals surface area contributed by atoms with Crippen LogP contribution in [0.15, 0.2) is 79.0 Å². The van der Waals surface area contributed by atoms with E-state index in [1.807, 2.05) is 24.3 Å². The molecule has 0 spiro atoms. The molecule has 3 heterocycles. The van der Waals surface area contributed by atoms with Gasteiger partial charge >= 0.3 is 0 Å². The van der Waals surface area contributed by atoms with Crippen LogP contribution in [0.3, 0.4) is 0 Å². The molecule has 1 aliphatic rings. The number of benzene rings is 3. The van der Waals surface area contributed by atoms with Crippen LogP contribution in [0.4, 0.5) is 15.9 Å². The number of pyridine rings is 1. The molecule has 1 aliphatic heterocycles. The number of halogens is 1. The van der Waals surface area contributed by atoms with Crippen LogP contribution in [0.1, 0.15) is 5.56 Å². The summed E-state index contributed by atoms with van der Waals surface area (Å²) in [6.45, 7) is 0.858. The number of hydrogen-bond donors (Lipinski definition) is 0. The molecule has 6 rings (SSSR count). The quantitative estimate of drug-likeness (QED) is 0.273. The molecule has 0 atom stereocenters. The van der Waals surface area contributed by atoms with E-state index in [1.54, 1.807) is 50.7 Å². The number of hydrogen-bond acceptors (Lipinski definition) is 7. The van der Waals surface area contributed by atoms with Crippen LogP contribution in [0.2, 0.25) is 0 Å². The maximum Gasteiger partial charge on any atom is 0.166 e. The van der Waals surface area contributed by atoms with Crippen molar-refractivity contribution in [3.05, 3.63) is 90.4 Å². The van der Waals surface area contributed by atoms with E-state index in [-0.39, 0.29) is 5.75 Å². The van der Waals surface area contributed by atoms with Crippen molar-refractivity contribution >= 4 is 22.4 Å². The van der Waals surface area contributed by atoms with Gasteiger partial charge in [-0.05, 0) is 60.5 Å². The molecular formula is C29H23FN4O3. The minimum absolute atomic E-state index is 0.0873. The number of fused-ring (bicyclic) bond motifs is 2. The van der Waals surface area contributed by atoms with Crippen molar-refractivity contribution < 1.29 is 18.6 Å². The number of rotatable bonds is 6. The number of methoxy groups -OCH3 is 2. The molecule has 0 N–H and O–H groups in total. The zero-order chi connectivity index (χ0) is 25.4. The molecule has 0 unspecified atom stereocenters. The average Bonchev–Trinajstić information content (AvgIpc) is 3.38. The normalized spacial score (nSPS) is 12.5. The Labute approximate surface area is 213 Å². The van der Waals surface area contributed by atoms with Gasteiger partial charge in [-0.2, -0.15) is 0 Å². The van der Waals surface area contributed by atoms with E-state index in [9.17, 15) is 0 Å². The fraction of sp³-hybridized carbons (Fsp3) is 0.138. The monoisotopic (exact) mass is 494 g/mol. The van der Waals surface area contributed by atoms with Crippen LogP contribution >= 0.6 is 0 Å². The molecule has 37 heavy (non-hydrogen) atoms. The third-order valence-electron chi connectivity index (χ3n) is 6.47. The SMILES string of the molecule is COc1cc2nccc(Oc3ccc(-c4ccc(N5CCc6ccccc65)nn4)cc3F)c2cc1OC. The third-order valence-corrected chi connectivity index (χ3v) is 6.47. The second-order valence-electron chi connectivity index (χ2n) is 8.59. The highest BCUT2D eigenvalue weighted by Gasteiger charge is 2.21. The number of nitrogens with zero attached hydrogens (tertiary/aromatic N) is 4. The van der Waals surface area contributed by atoms with Gasteiger partial charge in [0, 0.05) is 35.4 Å². The Morgan fingerprint density at radius 3 is 2.43 bits per heavy atom. The van der Waals surface area contributed by atoms with Gasteiger partial charge in [-0.25, -0.2) is 4.39 Å². The van der Waals surface area contributed by atoms with E-state index >= 15 is 4.39 Å². The summed E-state index contributed by atoms with van der Waals surface area (Å²) in [5.41, 5.74) is 4.27. The molecule has 0 aliphatic carbocycles. The first-order chi connectivity index (χ1) is 18.1. The predicted octanol–water partition coefficient (Wildman–Crippen LogP) is 6.33. The van der Waals surface area contributed by atoms with Gasteiger partial charge in [-0.1, -0.05) is 18.2 Å². The number of aromatic nitrogens is 3. The van der Waals surface area contributed by atoms with Crippen molar-refractivity contribution in [2.75, 3.05) is 25.7 Å². The van der Waals surface area contributed by atoms with E-state index < -0.39 is 5.82 Å². The molecule has 0 amide bonds. The summed E-state index contributed by atoms with van der Waals surface area (Å²) in [6, 6.07) is 22.0. The average molecular weight is 495 g/mol. The van der Waals surface area contributed by atoms with Gasteiger partial charge < -0.3 is 19.1 Å². The standard InChI is InChI=1S/C29H23FN4O3/c1-35-27-16-20-23(17-28(27)36-2)31-13-11-25(20)37-26-9-7-19(15-21(26)30)22-8-10-29(33-32-22)34-14-12-18-5-3-4-6-24(18)34/h3-11,13,15-17H,12,14H2,1-2H3. The van der Waals surface area contributed by atoms with Crippen LogP contribution in [0, 0.1) is 5.82 Å². The second kappa shape index (κ2) is 9.39. The molecule has 0 bridgehead atoms. The van der Waals surface area contributed by atoms with Crippen LogP contribution in [-0.2, 0) is 6.42 Å². The van der Waals surface area contributed by atoms with Crippen LogP contribution in [0.25, 0.3) is 22.2 Å². The van der Waals surface area contributed by atoms with Crippen molar-refractivity contribution in [1.29, 1.82) is 0 Å².